The van der Waals surface area contributed by atoms with E-state index in [4.69, 9.17) is 11.6 Å². The molecule has 1 aliphatic rings. The molecule has 0 saturated carbocycles. The molecule has 0 aromatic heterocycles. The normalized spacial score (nSPS) is 20.0. The van der Waals surface area contributed by atoms with Crippen LogP contribution in [0.1, 0.15) is 17.5 Å². The summed E-state index contributed by atoms with van der Waals surface area (Å²) >= 11 is 5.79. The Morgan fingerprint density at radius 1 is 1.35 bits per heavy atom. The average Bonchev–Trinajstić information content (AvgIpc) is 2.69. The zero-order valence-corrected chi connectivity index (χ0v) is 10.9. The van der Waals surface area contributed by atoms with Crippen molar-refractivity contribution in [1.29, 1.82) is 0 Å². The second kappa shape index (κ2) is 5.54. The lowest BCUT2D eigenvalue weighted by Crippen LogP contribution is -2.27. The van der Waals surface area contributed by atoms with Gasteiger partial charge in [0, 0.05) is 25.4 Å². The Hall–Kier alpha value is -1.02. The molecule has 17 heavy (non-hydrogen) atoms. The maximum atomic E-state index is 11.7. The highest BCUT2D eigenvalue weighted by molar-refractivity contribution is 6.18. The summed E-state index contributed by atoms with van der Waals surface area (Å²) in [7, 11) is 0. The van der Waals surface area contributed by atoms with Gasteiger partial charge in [-0.15, -0.1) is 11.6 Å². The minimum atomic E-state index is 0.253. The Morgan fingerprint density at radius 3 is 2.65 bits per heavy atom. The van der Waals surface area contributed by atoms with Crippen molar-refractivity contribution in [2.45, 2.75) is 19.8 Å². The van der Waals surface area contributed by atoms with Crippen LogP contribution in [0.15, 0.2) is 24.3 Å². The summed E-state index contributed by atoms with van der Waals surface area (Å²) in [5, 5.41) is 0. The van der Waals surface area contributed by atoms with Gasteiger partial charge in [-0.05, 0) is 24.8 Å². The van der Waals surface area contributed by atoms with Crippen LogP contribution in [0, 0.1) is 12.8 Å². The molecule has 1 saturated heterocycles. The van der Waals surface area contributed by atoms with Gasteiger partial charge in [-0.3, -0.25) is 4.79 Å². The fraction of sp³-hybridized carbons (Fsp3) is 0.500. The number of alkyl halides is 1. The van der Waals surface area contributed by atoms with Gasteiger partial charge < -0.3 is 4.90 Å². The standard InChI is InChI=1S/C14H18ClNO/c1-11-2-4-12(5-3-11)6-7-16-10-13(9-15)8-14(16)17/h2-5,13H,6-10H2,1H3. The highest BCUT2D eigenvalue weighted by atomic mass is 35.5. The van der Waals surface area contributed by atoms with Crippen LogP contribution in [-0.4, -0.2) is 29.8 Å². The number of hydrogen-bond acceptors (Lipinski definition) is 1. The first kappa shape index (κ1) is 12.4. The van der Waals surface area contributed by atoms with Crippen LogP contribution in [0.4, 0.5) is 0 Å². The fourth-order valence-corrected chi connectivity index (χ4v) is 2.40. The van der Waals surface area contributed by atoms with Crippen LogP contribution in [0.2, 0.25) is 0 Å². The quantitative estimate of drug-likeness (QED) is 0.754. The lowest BCUT2D eigenvalue weighted by molar-refractivity contribution is -0.127. The first-order chi connectivity index (χ1) is 8.19. The van der Waals surface area contributed by atoms with Crippen molar-refractivity contribution in [3.05, 3.63) is 35.4 Å². The van der Waals surface area contributed by atoms with E-state index in [1.807, 2.05) is 4.90 Å². The van der Waals surface area contributed by atoms with Gasteiger partial charge in [0.2, 0.25) is 5.91 Å². The van der Waals surface area contributed by atoms with Crippen LogP contribution in [0.3, 0.4) is 0 Å². The minimum absolute atomic E-state index is 0.253. The zero-order chi connectivity index (χ0) is 12.3. The maximum absolute atomic E-state index is 11.7. The Kier molecular flexibility index (Phi) is 4.06. The van der Waals surface area contributed by atoms with Crippen LogP contribution in [0.25, 0.3) is 0 Å². The molecule has 3 heteroatoms. The molecule has 1 aromatic carbocycles. The molecule has 1 fully saturated rings. The molecule has 92 valence electrons. The molecule has 1 aliphatic heterocycles. The molecule has 1 amide bonds. The molecule has 1 atom stereocenters. The van der Waals surface area contributed by atoms with Gasteiger partial charge in [0.15, 0.2) is 0 Å². The van der Waals surface area contributed by atoms with Crippen molar-refractivity contribution in [2.75, 3.05) is 19.0 Å². The van der Waals surface area contributed by atoms with Crippen molar-refractivity contribution in [3.8, 4) is 0 Å². The van der Waals surface area contributed by atoms with Gasteiger partial charge in [0.05, 0.1) is 0 Å². The largest absolute Gasteiger partial charge is 0.342 e. The summed E-state index contributed by atoms with van der Waals surface area (Å²) in [6.45, 7) is 3.72. The number of carbonyl (C=O) groups excluding carboxylic acids is 1. The van der Waals surface area contributed by atoms with E-state index in [0.29, 0.717) is 18.2 Å². The Balaban J connectivity index is 1.86. The Bertz CT molecular complexity index is 388. The maximum Gasteiger partial charge on any atom is 0.222 e. The summed E-state index contributed by atoms with van der Waals surface area (Å²) in [6, 6.07) is 8.50. The monoisotopic (exact) mass is 251 g/mol. The number of likely N-dealkylation sites (tertiary alicyclic amines) is 1. The highest BCUT2D eigenvalue weighted by Crippen LogP contribution is 2.19. The first-order valence-electron chi connectivity index (χ1n) is 6.08. The molecule has 0 aliphatic carbocycles. The predicted octanol–water partition coefficient (Wildman–Crippen LogP) is 2.62. The predicted molar refractivity (Wildman–Crippen MR) is 70.3 cm³/mol. The van der Waals surface area contributed by atoms with Crippen molar-refractivity contribution in [2.24, 2.45) is 5.92 Å². The summed E-state index contributed by atoms with van der Waals surface area (Å²) < 4.78 is 0. The lowest BCUT2D eigenvalue weighted by atomic mass is 10.1. The van der Waals surface area contributed by atoms with Crippen molar-refractivity contribution in [3.63, 3.8) is 0 Å². The third-order valence-electron chi connectivity index (χ3n) is 3.30. The summed E-state index contributed by atoms with van der Waals surface area (Å²) in [6.07, 6.45) is 1.55. The Morgan fingerprint density at radius 2 is 2.06 bits per heavy atom. The molecule has 1 heterocycles. The first-order valence-corrected chi connectivity index (χ1v) is 6.62. The number of carbonyl (C=O) groups is 1. The highest BCUT2D eigenvalue weighted by Gasteiger charge is 2.28. The van der Waals surface area contributed by atoms with Crippen LogP contribution in [-0.2, 0) is 11.2 Å². The fourth-order valence-electron chi connectivity index (χ4n) is 2.19. The second-order valence-electron chi connectivity index (χ2n) is 4.80. The molecule has 0 radical (unpaired) electrons. The topological polar surface area (TPSA) is 20.3 Å². The van der Waals surface area contributed by atoms with E-state index in [2.05, 4.69) is 31.2 Å². The molecular formula is C14H18ClNO. The number of amides is 1. The van der Waals surface area contributed by atoms with Gasteiger partial charge in [-0.25, -0.2) is 0 Å². The zero-order valence-electron chi connectivity index (χ0n) is 10.2. The molecule has 2 rings (SSSR count). The number of aryl methyl sites for hydroxylation is 1. The van der Waals surface area contributed by atoms with Crippen LogP contribution >= 0.6 is 11.6 Å². The summed E-state index contributed by atoms with van der Waals surface area (Å²) in [5.41, 5.74) is 2.56. The van der Waals surface area contributed by atoms with Crippen LogP contribution in [0.5, 0.6) is 0 Å². The lowest BCUT2D eigenvalue weighted by Gasteiger charge is -2.16. The van der Waals surface area contributed by atoms with E-state index < -0.39 is 0 Å². The van der Waals surface area contributed by atoms with Crippen molar-refractivity contribution >= 4 is 17.5 Å². The van der Waals surface area contributed by atoms with Crippen molar-refractivity contribution in [1.82, 2.24) is 4.90 Å². The third-order valence-corrected chi connectivity index (χ3v) is 3.74. The average molecular weight is 252 g/mol. The molecular weight excluding hydrogens is 234 g/mol. The second-order valence-corrected chi connectivity index (χ2v) is 5.11. The third kappa shape index (κ3) is 3.22. The summed E-state index contributed by atoms with van der Waals surface area (Å²) in [5.74, 6) is 1.19. The smallest absolute Gasteiger partial charge is 0.222 e. The van der Waals surface area contributed by atoms with E-state index >= 15 is 0 Å². The molecule has 2 nitrogen and oxygen atoms in total. The van der Waals surface area contributed by atoms with Crippen LogP contribution < -0.4 is 0 Å². The van der Waals surface area contributed by atoms with Crippen molar-refractivity contribution < 1.29 is 4.79 Å². The number of rotatable bonds is 4. The molecule has 0 spiro atoms. The molecule has 1 unspecified atom stereocenters. The number of hydrogen-bond donors (Lipinski definition) is 0. The molecule has 1 aromatic rings. The van der Waals surface area contributed by atoms with E-state index in [1.165, 1.54) is 11.1 Å². The van der Waals surface area contributed by atoms with Gasteiger partial charge in [-0.2, -0.15) is 0 Å². The summed E-state index contributed by atoms with van der Waals surface area (Å²) in [4.78, 5) is 13.6. The van der Waals surface area contributed by atoms with E-state index in [-0.39, 0.29) is 5.91 Å². The number of halogens is 1. The SMILES string of the molecule is Cc1ccc(CCN2CC(CCl)CC2=O)cc1. The minimum Gasteiger partial charge on any atom is -0.342 e. The molecule has 0 N–H and O–H groups in total. The van der Waals surface area contributed by atoms with E-state index in [1.54, 1.807) is 0 Å². The van der Waals surface area contributed by atoms with Gasteiger partial charge in [-0.1, -0.05) is 29.8 Å². The van der Waals surface area contributed by atoms with Gasteiger partial charge in [0.25, 0.3) is 0 Å². The van der Waals surface area contributed by atoms with E-state index in [0.717, 1.165) is 19.5 Å². The number of nitrogens with zero attached hydrogens (tertiary/aromatic N) is 1. The van der Waals surface area contributed by atoms with E-state index in [9.17, 15) is 4.79 Å². The van der Waals surface area contributed by atoms with Gasteiger partial charge >= 0.3 is 0 Å². The van der Waals surface area contributed by atoms with Gasteiger partial charge in [0.1, 0.15) is 0 Å². The Labute approximate surface area is 108 Å². The number of benzene rings is 1. The molecule has 0 bridgehead atoms.